The van der Waals surface area contributed by atoms with Crippen LogP contribution in [-0.4, -0.2) is 59.8 Å². The predicted molar refractivity (Wildman–Crippen MR) is 29.3 cm³/mol. The summed E-state index contributed by atoms with van der Waals surface area (Å²) in [7, 11) is 0. The number of halogens is 6. The molecule has 8 heavy (non-hydrogen) atoms. The van der Waals surface area contributed by atoms with Crippen molar-refractivity contribution < 1.29 is 28.2 Å². The second kappa shape index (κ2) is 243. The van der Waals surface area contributed by atoms with Crippen LogP contribution in [0.2, 0.25) is 0 Å². The van der Waals surface area contributed by atoms with Crippen molar-refractivity contribution in [3.8, 4) is 0 Å². The third kappa shape index (κ3) is 160. The normalized spacial score (nSPS) is 0. The van der Waals surface area contributed by atoms with Gasteiger partial charge in [0.2, 0.25) is 0 Å². The molecule has 0 aliphatic carbocycles. The van der Waals surface area contributed by atoms with Crippen LogP contribution in [0.1, 0.15) is 0 Å². The van der Waals surface area contributed by atoms with Crippen molar-refractivity contribution in [1.29, 1.82) is 0 Å². The molecule has 0 N–H and O–H groups in total. The maximum atomic E-state index is 0. The minimum atomic E-state index is 0. The third-order valence-electron chi connectivity index (χ3n) is 0. The van der Waals surface area contributed by atoms with E-state index >= 15 is 0 Å². The van der Waals surface area contributed by atoms with Crippen LogP contribution in [0.25, 0.3) is 0 Å². The summed E-state index contributed by atoms with van der Waals surface area (Å²) in [5, 5.41) is 0. The first kappa shape index (κ1) is 350. The molecular formula is H8BaF6Si. The van der Waals surface area contributed by atoms with Gasteiger partial charge in [-0.1, -0.05) is 0 Å². The van der Waals surface area contributed by atoms with Gasteiger partial charge in [0.05, 0.1) is 0 Å². The second-order valence-corrected chi connectivity index (χ2v) is 0. The first-order chi connectivity index (χ1) is 0. The van der Waals surface area contributed by atoms with Crippen LogP contribution in [0, 0.1) is 0 Å². The zero-order valence-corrected chi connectivity index (χ0v) is 3.95. The summed E-state index contributed by atoms with van der Waals surface area (Å²) in [6.45, 7) is 0. The molecule has 8 heteroatoms. The third-order valence-corrected chi connectivity index (χ3v) is 0. The summed E-state index contributed by atoms with van der Waals surface area (Å²) in [6, 6.07) is 0. The van der Waals surface area contributed by atoms with Crippen LogP contribution in [0.3, 0.4) is 0 Å². The van der Waals surface area contributed by atoms with E-state index < -0.39 is 0 Å². The van der Waals surface area contributed by atoms with Crippen molar-refractivity contribution in [2.24, 2.45) is 0 Å². The van der Waals surface area contributed by atoms with Gasteiger partial charge in [-0.15, -0.1) is 0 Å². The molecule has 0 nitrogen and oxygen atoms in total. The van der Waals surface area contributed by atoms with E-state index in [0.29, 0.717) is 0 Å². The molecular weight excluding hydrogens is 279 g/mol. The van der Waals surface area contributed by atoms with Gasteiger partial charge in [-0.3, -0.25) is 28.2 Å². The first-order valence-corrected chi connectivity index (χ1v) is 0. The van der Waals surface area contributed by atoms with E-state index in [1.54, 1.807) is 0 Å². The van der Waals surface area contributed by atoms with Crippen molar-refractivity contribution in [2.75, 3.05) is 0 Å². The van der Waals surface area contributed by atoms with E-state index in [1.165, 1.54) is 0 Å². The Morgan fingerprint density at radius 2 is 0.375 bits per heavy atom. The SMILES string of the molecule is F.F.F.F.F.F.[BaH2].[Si]. The van der Waals surface area contributed by atoms with Crippen LogP contribution >= 0.6 is 0 Å². The van der Waals surface area contributed by atoms with E-state index in [-0.39, 0.29) is 88.1 Å². The van der Waals surface area contributed by atoms with Crippen LogP contribution in [0.4, 0.5) is 28.2 Å². The molecule has 0 aliphatic heterocycles. The maximum Gasteiger partial charge on any atom is 0 e. The summed E-state index contributed by atoms with van der Waals surface area (Å²) < 4.78 is 0. The largest absolute Gasteiger partial charge is 0 e. The molecule has 0 atom stereocenters. The first-order valence-electron chi connectivity index (χ1n) is 0. The quantitative estimate of drug-likeness (QED) is 0.421. The Labute approximate surface area is 87.1 Å². The van der Waals surface area contributed by atoms with Crippen molar-refractivity contribution in [3.05, 3.63) is 0 Å². The van der Waals surface area contributed by atoms with Crippen molar-refractivity contribution in [1.82, 2.24) is 0 Å². The van der Waals surface area contributed by atoms with Gasteiger partial charge in [0.15, 0.2) is 0 Å². The van der Waals surface area contributed by atoms with Crippen molar-refractivity contribution >= 4 is 59.8 Å². The molecule has 0 heterocycles. The fourth-order valence-corrected chi connectivity index (χ4v) is 0. The maximum absolute atomic E-state index is 0. The summed E-state index contributed by atoms with van der Waals surface area (Å²) in [5.41, 5.74) is 0. The Morgan fingerprint density at radius 3 is 0.375 bits per heavy atom. The van der Waals surface area contributed by atoms with Gasteiger partial charge in [-0.05, 0) is 0 Å². The molecule has 0 spiro atoms. The average molecular weight is 287 g/mol. The van der Waals surface area contributed by atoms with E-state index in [9.17, 15) is 0 Å². The van der Waals surface area contributed by atoms with Gasteiger partial charge in [-0.25, -0.2) is 0 Å². The molecule has 0 aromatic heterocycles. The number of hydrogen-bond donors (Lipinski definition) is 0. The second-order valence-electron chi connectivity index (χ2n) is 0. The molecule has 4 radical (unpaired) electrons. The van der Waals surface area contributed by atoms with Gasteiger partial charge in [-0.2, -0.15) is 0 Å². The minimum Gasteiger partial charge on any atom is 0 e. The molecule has 0 aromatic carbocycles. The van der Waals surface area contributed by atoms with Crippen LogP contribution < -0.4 is 0 Å². The summed E-state index contributed by atoms with van der Waals surface area (Å²) >= 11 is 0. The molecule has 0 saturated heterocycles. The fraction of sp³-hybridized carbons (Fsp3) is 0. The summed E-state index contributed by atoms with van der Waals surface area (Å²) in [6.07, 6.45) is 0. The van der Waals surface area contributed by atoms with Crippen molar-refractivity contribution in [3.63, 3.8) is 0 Å². The molecule has 0 amide bonds. The van der Waals surface area contributed by atoms with Crippen LogP contribution in [0.15, 0.2) is 0 Å². The zero-order chi connectivity index (χ0) is 0. The summed E-state index contributed by atoms with van der Waals surface area (Å²) in [5.74, 6) is 0. The topological polar surface area (TPSA) is 0 Å². The number of rotatable bonds is 0. The van der Waals surface area contributed by atoms with Crippen LogP contribution in [-0.2, 0) is 0 Å². The fourth-order valence-electron chi connectivity index (χ4n) is 0. The smallest absolute Gasteiger partial charge is 0 e. The van der Waals surface area contributed by atoms with E-state index in [2.05, 4.69) is 0 Å². The minimum absolute atomic E-state index is 0. The van der Waals surface area contributed by atoms with E-state index in [4.69, 9.17) is 0 Å². The molecule has 0 aliphatic rings. The predicted octanol–water partition coefficient (Wildman–Crippen LogP) is -0.382. The Morgan fingerprint density at radius 1 is 0.375 bits per heavy atom. The zero-order valence-electron chi connectivity index (χ0n) is 2.95. The van der Waals surface area contributed by atoms with E-state index in [0.717, 1.165) is 0 Å². The Bertz CT molecular complexity index is 8.49. The van der Waals surface area contributed by atoms with Crippen LogP contribution in [0.5, 0.6) is 0 Å². The van der Waals surface area contributed by atoms with Gasteiger partial charge < -0.3 is 0 Å². The molecule has 0 fully saturated rings. The molecule has 0 unspecified atom stereocenters. The Hall–Kier alpha value is 1.37. The van der Waals surface area contributed by atoms with Crippen molar-refractivity contribution in [2.45, 2.75) is 0 Å². The van der Waals surface area contributed by atoms with Gasteiger partial charge in [0.25, 0.3) is 0 Å². The average Bonchev–Trinajstić information content (AvgIpc) is 0. The standard InChI is InChI=1S/Ba.6FH.Si.2H/h;6*1H;;;. The Balaban J connectivity index is 0. The molecule has 0 rings (SSSR count). The van der Waals surface area contributed by atoms with E-state index in [1.807, 2.05) is 0 Å². The molecule has 56 valence electrons. The monoisotopic (exact) mass is 288 g/mol. The molecule has 0 saturated carbocycles. The molecule has 0 bridgehead atoms. The van der Waals surface area contributed by atoms with Gasteiger partial charge >= 0.3 is 48.9 Å². The van der Waals surface area contributed by atoms with Gasteiger partial charge in [0.1, 0.15) is 0 Å². The Kier molecular flexibility index (Phi) is 10600. The van der Waals surface area contributed by atoms with Gasteiger partial charge in [0, 0.05) is 11.0 Å². The summed E-state index contributed by atoms with van der Waals surface area (Å²) in [4.78, 5) is 0. The number of hydrogen-bond acceptors (Lipinski definition) is 0. The molecule has 0 aromatic rings.